The number of nitrogens with one attached hydrogen (secondary N) is 1. The van der Waals surface area contributed by atoms with E-state index in [4.69, 9.17) is 0 Å². The molecule has 1 aromatic heterocycles. The van der Waals surface area contributed by atoms with Crippen molar-refractivity contribution in [2.24, 2.45) is 0 Å². The first kappa shape index (κ1) is 15.9. The lowest BCUT2D eigenvalue weighted by molar-refractivity contribution is 0.0936. The number of pyridine rings is 1. The third kappa shape index (κ3) is 4.07. The fourth-order valence-corrected chi connectivity index (χ4v) is 2.63. The van der Waals surface area contributed by atoms with Gasteiger partial charge in [-0.05, 0) is 36.6 Å². The largest absolute Gasteiger partial charge is 0.345 e. The minimum absolute atomic E-state index is 0.0811. The number of benzene rings is 2. The molecule has 0 saturated heterocycles. The molecule has 0 aliphatic carbocycles. The number of rotatable bonds is 5. The molecule has 120 valence electrons. The van der Waals surface area contributed by atoms with Crippen molar-refractivity contribution in [3.63, 3.8) is 0 Å². The van der Waals surface area contributed by atoms with Crippen LogP contribution < -0.4 is 5.32 Å². The average molecular weight is 316 g/mol. The van der Waals surface area contributed by atoms with Gasteiger partial charge in [-0.2, -0.15) is 0 Å². The smallest absolute Gasteiger partial charge is 0.253 e. The Morgan fingerprint density at radius 3 is 2.25 bits per heavy atom. The van der Waals surface area contributed by atoms with E-state index < -0.39 is 0 Å². The van der Waals surface area contributed by atoms with Crippen LogP contribution in [0.2, 0.25) is 0 Å². The van der Waals surface area contributed by atoms with Crippen LogP contribution in [-0.4, -0.2) is 10.9 Å². The van der Waals surface area contributed by atoms with Gasteiger partial charge in [0.15, 0.2) is 0 Å². The normalized spacial score (nSPS) is 11.7. The molecule has 1 atom stereocenters. The topological polar surface area (TPSA) is 42.0 Å². The fraction of sp³-hybridized carbons (Fsp3) is 0.143. The van der Waals surface area contributed by atoms with Crippen molar-refractivity contribution in [2.45, 2.75) is 19.4 Å². The van der Waals surface area contributed by atoms with Crippen LogP contribution in [0.1, 0.15) is 33.2 Å². The van der Waals surface area contributed by atoms with Crippen molar-refractivity contribution in [1.29, 1.82) is 0 Å². The van der Waals surface area contributed by atoms with Crippen molar-refractivity contribution >= 4 is 5.91 Å². The van der Waals surface area contributed by atoms with Crippen LogP contribution in [0.5, 0.6) is 0 Å². The summed E-state index contributed by atoms with van der Waals surface area (Å²) in [5, 5.41) is 3.14. The molecule has 2 aromatic carbocycles. The molecule has 0 aliphatic heterocycles. The van der Waals surface area contributed by atoms with Crippen LogP contribution >= 0.6 is 0 Å². The Balaban J connectivity index is 1.82. The molecule has 0 saturated carbocycles. The highest BCUT2D eigenvalue weighted by Crippen LogP contribution is 2.19. The van der Waals surface area contributed by atoms with Gasteiger partial charge in [0, 0.05) is 11.9 Å². The van der Waals surface area contributed by atoms with Crippen molar-refractivity contribution in [2.75, 3.05) is 0 Å². The van der Waals surface area contributed by atoms with E-state index in [1.807, 2.05) is 67.6 Å². The number of hydrogen-bond donors (Lipinski definition) is 1. The molecule has 0 radical (unpaired) electrons. The maximum Gasteiger partial charge on any atom is 0.253 e. The predicted molar refractivity (Wildman–Crippen MR) is 95.8 cm³/mol. The molecular weight excluding hydrogens is 296 g/mol. The van der Waals surface area contributed by atoms with E-state index in [2.05, 4.69) is 22.4 Å². The molecule has 3 rings (SSSR count). The number of aryl methyl sites for hydroxylation is 1. The molecule has 3 heteroatoms. The second-order valence-electron chi connectivity index (χ2n) is 5.81. The summed E-state index contributed by atoms with van der Waals surface area (Å²) in [4.78, 5) is 16.8. The zero-order valence-electron chi connectivity index (χ0n) is 13.6. The standard InChI is InChI=1S/C21H20N2O/c1-16-12-13-19(15-22-16)21(24)23-20(18-10-6-3-7-11-18)14-17-8-4-2-5-9-17/h2-13,15,20H,14H2,1H3,(H,23,24)/t20-/m0/s1. The van der Waals surface area contributed by atoms with Crippen molar-refractivity contribution < 1.29 is 4.79 Å². The van der Waals surface area contributed by atoms with E-state index in [1.165, 1.54) is 5.56 Å². The van der Waals surface area contributed by atoms with Crippen LogP contribution in [0.3, 0.4) is 0 Å². The highest BCUT2D eigenvalue weighted by atomic mass is 16.1. The molecule has 0 aliphatic rings. The first-order chi connectivity index (χ1) is 11.7. The Kier molecular flexibility index (Phi) is 5.02. The summed E-state index contributed by atoms with van der Waals surface area (Å²) in [6, 6.07) is 23.8. The van der Waals surface area contributed by atoms with Gasteiger partial charge < -0.3 is 5.32 Å². The Bertz CT molecular complexity index is 783. The lowest BCUT2D eigenvalue weighted by Gasteiger charge is -2.19. The van der Waals surface area contributed by atoms with Gasteiger partial charge in [0.2, 0.25) is 0 Å². The Hall–Kier alpha value is -2.94. The second kappa shape index (κ2) is 7.55. The van der Waals surface area contributed by atoms with E-state index >= 15 is 0 Å². The van der Waals surface area contributed by atoms with E-state index in [9.17, 15) is 4.79 Å². The summed E-state index contributed by atoms with van der Waals surface area (Å²) in [6.45, 7) is 1.91. The molecule has 1 N–H and O–H groups in total. The van der Waals surface area contributed by atoms with Crippen LogP contribution in [0, 0.1) is 6.92 Å². The number of carbonyl (C=O) groups is 1. The molecule has 0 spiro atoms. The first-order valence-corrected chi connectivity index (χ1v) is 8.05. The quantitative estimate of drug-likeness (QED) is 0.770. The maximum atomic E-state index is 12.6. The molecule has 0 unspecified atom stereocenters. The van der Waals surface area contributed by atoms with Gasteiger partial charge in [-0.3, -0.25) is 9.78 Å². The van der Waals surface area contributed by atoms with E-state index in [0.29, 0.717) is 5.56 Å². The SMILES string of the molecule is Cc1ccc(C(=O)N[C@@H](Cc2ccccc2)c2ccccc2)cn1. The summed E-state index contributed by atoms with van der Waals surface area (Å²) in [5.74, 6) is -0.104. The molecule has 1 heterocycles. The average Bonchev–Trinajstić information content (AvgIpc) is 2.63. The third-order valence-electron chi connectivity index (χ3n) is 3.96. The number of carbonyl (C=O) groups excluding carboxylic acids is 1. The Morgan fingerprint density at radius 2 is 1.62 bits per heavy atom. The highest BCUT2D eigenvalue weighted by Gasteiger charge is 2.16. The van der Waals surface area contributed by atoms with Crippen LogP contribution in [0.25, 0.3) is 0 Å². The fourth-order valence-electron chi connectivity index (χ4n) is 2.63. The van der Waals surface area contributed by atoms with Gasteiger partial charge in [-0.1, -0.05) is 60.7 Å². The minimum Gasteiger partial charge on any atom is -0.345 e. The summed E-state index contributed by atoms with van der Waals surface area (Å²) < 4.78 is 0. The van der Waals surface area contributed by atoms with Crippen molar-refractivity contribution in [3.05, 3.63) is 101 Å². The molecular formula is C21H20N2O. The monoisotopic (exact) mass is 316 g/mol. The van der Waals surface area contributed by atoms with Crippen molar-refractivity contribution in [3.8, 4) is 0 Å². The van der Waals surface area contributed by atoms with Gasteiger partial charge in [-0.15, -0.1) is 0 Å². The maximum absolute atomic E-state index is 12.6. The number of amides is 1. The van der Waals surface area contributed by atoms with Gasteiger partial charge in [-0.25, -0.2) is 0 Å². The second-order valence-corrected chi connectivity index (χ2v) is 5.81. The van der Waals surface area contributed by atoms with Crippen LogP contribution in [-0.2, 0) is 6.42 Å². The highest BCUT2D eigenvalue weighted by molar-refractivity contribution is 5.94. The molecule has 3 aromatic rings. The van der Waals surface area contributed by atoms with Crippen LogP contribution in [0.4, 0.5) is 0 Å². The summed E-state index contributed by atoms with van der Waals surface area (Å²) in [7, 11) is 0. The lowest BCUT2D eigenvalue weighted by atomic mass is 9.98. The number of aromatic nitrogens is 1. The van der Waals surface area contributed by atoms with Crippen LogP contribution in [0.15, 0.2) is 79.0 Å². The van der Waals surface area contributed by atoms with Gasteiger partial charge >= 0.3 is 0 Å². The van der Waals surface area contributed by atoms with Crippen molar-refractivity contribution in [1.82, 2.24) is 10.3 Å². The Labute approximate surface area is 142 Å². The summed E-state index contributed by atoms with van der Waals surface area (Å²) in [6.07, 6.45) is 2.37. The van der Waals surface area contributed by atoms with Gasteiger partial charge in [0.25, 0.3) is 5.91 Å². The molecule has 0 bridgehead atoms. The molecule has 1 amide bonds. The predicted octanol–water partition coefficient (Wildman–Crippen LogP) is 4.10. The number of hydrogen-bond acceptors (Lipinski definition) is 2. The molecule has 3 nitrogen and oxygen atoms in total. The molecule has 24 heavy (non-hydrogen) atoms. The number of nitrogens with zero attached hydrogens (tertiary/aromatic N) is 1. The van der Waals surface area contributed by atoms with E-state index in [1.54, 1.807) is 6.20 Å². The van der Waals surface area contributed by atoms with E-state index in [0.717, 1.165) is 17.7 Å². The summed E-state index contributed by atoms with van der Waals surface area (Å²) >= 11 is 0. The summed E-state index contributed by atoms with van der Waals surface area (Å²) in [5.41, 5.74) is 3.76. The van der Waals surface area contributed by atoms with Gasteiger partial charge in [0.05, 0.1) is 11.6 Å². The van der Waals surface area contributed by atoms with E-state index in [-0.39, 0.29) is 11.9 Å². The first-order valence-electron chi connectivity index (χ1n) is 8.05. The third-order valence-corrected chi connectivity index (χ3v) is 3.96. The zero-order valence-corrected chi connectivity index (χ0v) is 13.6. The Morgan fingerprint density at radius 1 is 0.958 bits per heavy atom. The zero-order chi connectivity index (χ0) is 16.8. The lowest BCUT2D eigenvalue weighted by Crippen LogP contribution is -2.30. The molecule has 0 fully saturated rings. The van der Waals surface area contributed by atoms with Gasteiger partial charge in [0.1, 0.15) is 0 Å². The minimum atomic E-state index is -0.104.